The van der Waals surface area contributed by atoms with E-state index in [2.05, 4.69) is 0 Å². The van der Waals surface area contributed by atoms with Gasteiger partial charge < -0.3 is 15.1 Å². The summed E-state index contributed by atoms with van der Waals surface area (Å²) >= 11 is 0. The summed E-state index contributed by atoms with van der Waals surface area (Å²) in [4.78, 5) is 25.6. The van der Waals surface area contributed by atoms with Crippen LogP contribution in [0.3, 0.4) is 0 Å². The van der Waals surface area contributed by atoms with Gasteiger partial charge in [0.25, 0.3) is 0 Å². The van der Waals surface area contributed by atoms with Gasteiger partial charge >= 0.3 is 5.97 Å². The predicted octanol–water partition coefficient (Wildman–Crippen LogP) is 1.04. The van der Waals surface area contributed by atoms with E-state index in [0.717, 1.165) is 36.2 Å². The van der Waals surface area contributed by atoms with Gasteiger partial charge in [-0.1, -0.05) is 12.1 Å². The maximum atomic E-state index is 11.6. The number of amides is 1. The molecule has 1 aliphatic rings. The normalized spacial score (nSPS) is 15.5. The number of likely N-dealkylation sites (N-methyl/N-ethyl adjacent to an activating group) is 1. The zero-order valence-corrected chi connectivity index (χ0v) is 13.0. The third-order valence-electron chi connectivity index (χ3n) is 3.88. The number of carboxylic acids is 1. The Balaban J connectivity index is 2.13. The van der Waals surface area contributed by atoms with E-state index in [-0.39, 0.29) is 19.0 Å². The molecule has 1 aliphatic heterocycles. The SMILES string of the molecule is CC(=O)N1CCCc2cc(C(O)CN(C)CC(=O)O)ccc21. The number of hydrogen-bond acceptors (Lipinski definition) is 4. The molecule has 1 aromatic carbocycles. The van der Waals surface area contributed by atoms with Crippen molar-refractivity contribution in [1.82, 2.24) is 4.90 Å². The largest absolute Gasteiger partial charge is 0.480 e. The Morgan fingerprint density at radius 3 is 2.77 bits per heavy atom. The highest BCUT2D eigenvalue weighted by atomic mass is 16.4. The summed E-state index contributed by atoms with van der Waals surface area (Å²) in [7, 11) is 1.66. The summed E-state index contributed by atoms with van der Waals surface area (Å²) in [6.45, 7) is 2.42. The van der Waals surface area contributed by atoms with E-state index in [0.29, 0.717) is 0 Å². The number of fused-ring (bicyclic) bond motifs is 1. The molecule has 0 spiro atoms. The molecule has 6 nitrogen and oxygen atoms in total. The molecule has 1 aromatic rings. The van der Waals surface area contributed by atoms with Gasteiger partial charge in [0.05, 0.1) is 12.6 Å². The van der Waals surface area contributed by atoms with E-state index < -0.39 is 12.1 Å². The molecule has 0 radical (unpaired) electrons. The van der Waals surface area contributed by atoms with Crippen LogP contribution in [-0.4, -0.2) is 53.7 Å². The monoisotopic (exact) mass is 306 g/mol. The van der Waals surface area contributed by atoms with Crippen LogP contribution in [0.25, 0.3) is 0 Å². The van der Waals surface area contributed by atoms with Gasteiger partial charge in [-0.2, -0.15) is 0 Å². The fourth-order valence-electron chi connectivity index (χ4n) is 2.85. The van der Waals surface area contributed by atoms with Gasteiger partial charge in [-0.3, -0.25) is 14.5 Å². The van der Waals surface area contributed by atoms with Crippen molar-refractivity contribution in [1.29, 1.82) is 0 Å². The van der Waals surface area contributed by atoms with Crippen molar-refractivity contribution in [2.75, 3.05) is 31.6 Å². The average Bonchev–Trinajstić information content (AvgIpc) is 2.44. The third-order valence-corrected chi connectivity index (χ3v) is 3.88. The number of carboxylic acid groups (broad SMARTS) is 1. The Hall–Kier alpha value is -1.92. The summed E-state index contributed by atoms with van der Waals surface area (Å²) in [6, 6.07) is 5.59. The van der Waals surface area contributed by atoms with Crippen molar-refractivity contribution in [2.45, 2.75) is 25.9 Å². The van der Waals surface area contributed by atoms with Gasteiger partial charge in [0.2, 0.25) is 5.91 Å². The van der Waals surface area contributed by atoms with Crippen LogP contribution < -0.4 is 4.90 Å². The molecule has 1 heterocycles. The summed E-state index contributed by atoms with van der Waals surface area (Å²) in [5.74, 6) is -0.896. The highest BCUT2D eigenvalue weighted by molar-refractivity contribution is 5.92. The lowest BCUT2D eigenvalue weighted by molar-refractivity contribution is -0.138. The minimum atomic E-state index is -0.919. The molecule has 1 atom stereocenters. The number of hydrogen-bond donors (Lipinski definition) is 2. The van der Waals surface area contributed by atoms with Crippen LogP contribution in [0.4, 0.5) is 5.69 Å². The van der Waals surface area contributed by atoms with Crippen molar-refractivity contribution in [3.63, 3.8) is 0 Å². The first-order valence-corrected chi connectivity index (χ1v) is 7.38. The van der Waals surface area contributed by atoms with Crippen LogP contribution in [-0.2, 0) is 16.0 Å². The predicted molar refractivity (Wildman–Crippen MR) is 82.9 cm³/mol. The zero-order valence-electron chi connectivity index (χ0n) is 13.0. The number of carbonyl (C=O) groups is 2. The van der Waals surface area contributed by atoms with Crippen molar-refractivity contribution in [2.24, 2.45) is 0 Å². The molecule has 0 aliphatic carbocycles. The first-order valence-electron chi connectivity index (χ1n) is 7.38. The molecule has 2 N–H and O–H groups in total. The van der Waals surface area contributed by atoms with E-state index in [1.54, 1.807) is 29.8 Å². The number of carbonyl (C=O) groups excluding carboxylic acids is 1. The molecule has 0 aromatic heterocycles. The van der Waals surface area contributed by atoms with E-state index in [1.165, 1.54) is 0 Å². The quantitative estimate of drug-likeness (QED) is 0.849. The molecule has 1 amide bonds. The number of benzene rings is 1. The lowest BCUT2D eigenvalue weighted by Crippen LogP contribution is -2.33. The number of rotatable bonds is 5. The molecule has 120 valence electrons. The van der Waals surface area contributed by atoms with Crippen LogP contribution in [0.1, 0.15) is 30.6 Å². The van der Waals surface area contributed by atoms with Crippen LogP contribution in [0.5, 0.6) is 0 Å². The van der Waals surface area contributed by atoms with Crippen LogP contribution in [0, 0.1) is 0 Å². The molecule has 0 bridgehead atoms. The Morgan fingerprint density at radius 1 is 1.41 bits per heavy atom. The van der Waals surface area contributed by atoms with Crippen LogP contribution in [0.2, 0.25) is 0 Å². The van der Waals surface area contributed by atoms with E-state index >= 15 is 0 Å². The maximum Gasteiger partial charge on any atom is 0.317 e. The Labute approximate surface area is 130 Å². The topological polar surface area (TPSA) is 81.1 Å². The lowest BCUT2D eigenvalue weighted by atomic mass is 9.97. The minimum Gasteiger partial charge on any atom is -0.480 e. The fraction of sp³-hybridized carbons (Fsp3) is 0.500. The Morgan fingerprint density at radius 2 is 2.14 bits per heavy atom. The molecule has 2 rings (SSSR count). The average molecular weight is 306 g/mol. The number of nitrogens with zero attached hydrogens (tertiary/aromatic N) is 2. The molecular formula is C16H22N2O4. The highest BCUT2D eigenvalue weighted by Gasteiger charge is 2.21. The lowest BCUT2D eigenvalue weighted by Gasteiger charge is -2.29. The highest BCUT2D eigenvalue weighted by Crippen LogP contribution is 2.30. The molecule has 22 heavy (non-hydrogen) atoms. The molecule has 0 saturated heterocycles. The van der Waals surface area contributed by atoms with Gasteiger partial charge in [0.15, 0.2) is 0 Å². The molecule has 0 fully saturated rings. The smallest absolute Gasteiger partial charge is 0.317 e. The second-order valence-corrected chi connectivity index (χ2v) is 5.77. The number of aliphatic hydroxyl groups excluding tert-OH is 1. The van der Waals surface area contributed by atoms with Crippen molar-refractivity contribution in [3.8, 4) is 0 Å². The molecule has 0 saturated carbocycles. The van der Waals surface area contributed by atoms with Gasteiger partial charge in [-0.05, 0) is 37.1 Å². The third kappa shape index (κ3) is 3.84. The molecule has 1 unspecified atom stereocenters. The second-order valence-electron chi connectivity index (χ2n) is 5.77. The second kappa shape index (κ2) is 6.89. The van der Waals surface area contributed by atoms with Gasteiger partial charge in [0, 0.05) is 25.7 Å². The maximum absolute atomic E-state index is 11.6. The van der Waals surface area contributed by atoms with E-state index in [4.69, 9.17) is 5.11 Å². The van der Waals surface area contributed by atoms with E-state index in [9.17, 15) is 14.7 Å². The molecule has 6 heteroatoms. The van der Waals surface area contributed by atoms with Gasteiger partial charge in [-0.25, -0.2) is 0 Å². The van der Waals surface area contributed by atoms with Gasteiger partial charge in [-0.15, -0.1) is 0 Å². The van der Waals surface area contributed by atoms with Crippen LogP contribution >= 0.6 is 0 Å². The number of aliphatic hydroxyl groups is 1. The number of aliphatic carboxylic acids is 1. The summed E-state index contributed by atoms with van der Waals surface area (Å²) in [6.07, 6.45) is 1.04. The number of aryl methyl sites for hydroxylation is 1. The summed E-state index contributed by atoms with van der Waals surface area (Å²) < 4.78 is 0. The Kier molecular flexibility index (Phi) is 5.15. The Bertz CT molecular complexity index is 573. The van der Waals surface area contributed by atoms with Crippen molar-refractivity contribution in [3.05, 3.63) is 29.3 Å². The summed E-state index contributed by atoms with van der Waals surface area (Å²) in [5, 5.41) is 19.0. The van der Waals surface area contributed by atoms with Crippen molar-refractivity contribution >= 4 is 17.6 Å². The first kappa shape index (κ1) is 16.5. The van der Waals surface area contributed by atoms with Gasteiger partial charge in [0.1, 0.15) is 0 Å². The fourth-order valence-corrected chi connectivity index (χ4v) is 2.85. The zero-order chi connectivity index (χ0) is 16.3. The number of anilines is 1. The van der Waals surface area contributed by atoms with E-state index in [1.807, 2.05) is 12.1 Å². The summed E-state index contributed by atoms with van der Waals surface area (Å²) in [5.41, 5.74) is 2.72. The molecular weight excluding hydrogens is 284 g/mol. The van der Waals surface area contributed by atoms with Crippen molar-refractivity contribution < 1.29 is 19.8 Å². The minimum absolute atomic E-state index is 0.0236. The van der Waals surface area contributed by atoms with Crippen LogP contribution in [0.15, 0.2) is 18.2 Å². The standard InChI is InChI=1S/C16H22N2O4/c1-11(19)18-7-3-4-12-8-13(5-6-14(12)18)15(20)9-17(2)10-16(21)22/h5-6,8,15,20H,3-4,7,9-10H2,1-2H3,(H,21,22). The first-order chi connectivity index (χ1) is 10.4.